The monoisotopic (exact) mass is 536 g/mol. The van der Waals surface area contributed by atoms with E-state index < -0.39 is 0 Å². The fraction of sp³-hybridized carbons (Fsp3) is 0.125. The van der Waals surface area contributed by atoms with E-state index in [2.05, 4.69) is 33.1 Å². The van der Waals surface area contributed by atoms with Crippen molar-refractivity contribution in [1.82, 2.24) is 5.43 Å². The zero-order valence-electron chi connectivity index (χ0n) is 12.2. The van der Waals surface area contributed by atoms with Crippen LogP contribution in [0.4, 0.5) is 0 Å². The van der Waals surface area contributed by atoms with Gasteiger partial charge in [-0.1, -0.05) is 17.7 Å². The van der Waals surface area contributed by atoms with E-state index in [0.717, 1.165) is 12.7 Å². The molecule has 0 spiro atoms. The summed E-state index contributed by atoms with van der Waals surface area (Å²) < 4.78 is 7.05. The van der Waals surface area contributed by atoms with E-state index in [-0.39, 0.29) is 18.3 Å². The molecule has 0 unspecified atom stereocenters. The van der Waals surface area contributed by atoms with Gasteiger partial charge in [0.05, 0.1) is 9.78 Å². The van der Waals surface area contributed by atoms with Gasteiger partial charge in [0.25, 0.3) is 5.91 Å². The summed E-state index contributed by atoms with van der Waals surface area (Å²) in [5, 5.41) is 13.8. The van der Waals surface area contributed by atoms with E-state index in [4.69, 9.17) is 4.74 Å². The molecule has 0 saturated carbocycles. The Kier molecular flexibility index (Phi) is 6.63. The predicted octanol–water partition coefficient (Wildman–Crippen LogP) is 3.44. The second-order valence-corrected chi connectivity index (χ2v) is 7.13. The number of phenolic OH excluding ortho intramolecular Hbond substituents is 1. The van der Waals surface area contributed by atoms with Crippen LogP contribution in [0.3, 0.4) is 0 Å². The lowest BCUT2D eigenvalue weighted by molar-refractivity contribution is -0.123. The summed E-state index contributed by atoms with van der Waals surface area (Å²) in [6.45, 7) is 1.85. The number of nitrogens with one attached hydrogen (secondary N) is 1. The Morgan fingerprint density at radius 3 is 2.70 bits per heavy atom. The highest BCUT2D eigenvalue weighted by Crippen LogP contribution is 2.25. The van der Waals surface area contributed by atoms with E-state index >= 15 is 0 Å². The number of hydrogen-bond acceptors (Lipinski definition) is 4. The fourth-order valence-electron chi connectivity index (χ4n) is 1.67. The van der Waals surface area contributed by atoms with Crippen molar-refractivity contribution in [3.63, 3.8) is 0 Å². The van der Waals surface area contributed by atoms with Crippen LogP contribution in [0.25, 0.3) is 0 Å². The molecule has 2 aromatic rings. The van der Waals surface area contributed by atoms with Crippen LogP contribution < -0.4 is 10.2 Å². The number of aromatic hydroxyl groups is 1. The normalized spacial score (nSPS) is 10.7. The quantitative estimate of drug-likeness (QED) is 0.350. The summed E-state index contributed by atoms with van der Waals surface area (Å²) in [5.74, 6) is 0.390. The largest absolute Gasteiger partial charge is 0.506 e. The standard InChI is InChI=1S/C16H14I2N2O3/c1-10-2-4-13(5-3-10)23-9-15(21)20-19-8-11-6-12(17)7-14(18)16(11)22/h2-8,22H,9H2,1H3,(H,20,21)/b19-8+. The Morgan fingerprint density at radius 1 is 1.30 bits per heavy atom. The molecular formula is C16H14I2N2O3. The van der Waals surface area contributed by atoms with Crippen LogP contribution in [0.5, 0.6) is 11.5 Å². The summed E-state index contributed by atoms with van der Waals surface area (Å²) in [5.41, 5.74) is 4.03. The number of aryl methyl sites for hydroxylation is 1. The first-order valence-electron chi connectivity index (χ1n) is 6.65. The molecule has 0 aliphatic carbocycles. The highest BCUT2D eigenvalue weighted by atomic mass is 127. The first-order chi connectivity index (χ1) is 11.0. The molecule has 2 N–H and O–H groups in total. The Morgan fingerprint density at radius 2 is 2.00 bits per heavy atom. The van der Waals surface area contributed by atoms with Crippen molar-refractivity contribution in [3.05, 3.63) is 54.7 Å². The lowest BCUT2D eigenvalue weighted by Gasteiger charge is -2.05. The molecule has 0 saturated heterocycles. The van der Waals surface area contributed by atoms with Crippen LogP contribution in [0.2, 0.25) is 0 Å². The number of benzene rings is 2. The fourth-order valence-corrected chi connectivity index (χ4v) is 3.56. The third-order valence-corrected chi connectivity index (χ3v) is 4.29. The molecule has 0 heterocycles. The zero-order valence-corrected chi connectivity index (χ0v) is 16.5. The minimum atomic E-state index is -0.373. The maximum atomic E-state index is 11.7. The second-order valence-electron chi connectivity index (χ2n) is 4.72. The molecular weight excluding hydrogens is 522 g/mol. The van der Waals surface area contributed by atoms with Gasteiger partial charge in [-0.25, -0.2) is 5.43 Å². The van der Waals surface area contributed by atoms with Crippen LogP contribution in [-0.2, 0) is 4.79 Å². The summed E-state index contributed by atoms with van der Waals surface area (Å²) in [4.78, 5) is 11.7. The van der Waals surface area contributed by atoms with Gasteiger partial charge in [-0.15, -0.1) is 0 Å². The maximum absolute atomic E-state index is 11.7. The van der Waals surface area contributed by atoms with E-state index in [1.54, 1.807) is 18.2 Å². The second kappa shape index (κ2) is 8.48. The van der Waals surface area contributed by atoms with Crippen molar-refractivity contribution in [1.29, 1.82) is 0 Å². The molecule has 0 radical (unpaired) electrons. The van der Waals surface area contributed by atoms with Crippen LogP contribution >= 0.6 is 45.2 Å². The molecule has 0 bridgehead atoms. The summed E-state index contributed by atoms with van der Waals surface area (Å²) >= 11 is 4.19. The first-order valence-corrected chi connectivity index (χ1v) is 8.81. The Bertz CT molecular complexity index is 731. The molecule has 23 heavy (non-hydrogen) atoms. The number of phenols is 1. The molecule has 2 aromatic carbocycles. The topological polar surface area (TPSA) is 70.9 Å². The highest BCUT2D eigenvalue weighted by molar-refractivity contribution is 14.1. The molecule has 0 aliphatic heterocycles. The molecule has 7 heteroatoms. The summed E-state index contributed by atoms with van der Waals surface area (Å²) in [6, 6.07) is 11.0. The molecule has 120 valence electrons. The Hall–Kier alpha value is -1.36. The number of hydrogen-bond donors (Lipinski definition) is 2. The summed E-state index contributed by atoms with van der Waals surface area (Å²) in [6.07, 6.45) is 1.41. The van der Waals surface area contributed by atoms with E-state index in [9.17, 15) is 9.90 Å². The van der Waals surface area contributed by atoms with Crippen molar-refractivity contribution < 1.29 is 14.6 Å². The number of amides is 1. The van der Waals surface area contributed by atoms with Crippen LogP contribution in [0.15, 0.2) is 41.5 Å². The van der Waals surface area contributed by atoms with Crippen molar-refractivity contribution in [2.24, 2.45) is 5.10 Å². The number of halogens is 2. The van der Waals surface area contributed by atoms with Gasteiger partial charge < -0.3 is 9.84 Å². The van der Waals surface area contributed by atoms with E-state index in [1.165, 1.54) is 6.21 Å². The van der Waals surface area contributed by atoms with Gasteiger partial charge in [0.1, 0.15) is 11.5 Å². The van der Waals surface area contributed by atoms with Crippen molar-refractivity contribution in [3.8, 4) is 11.5 Å². The number of ether oxygens (including phenoxy) is 1. The molecule has 0 fully saturated rings. The average Bonchev–Trinajstić information content (AvgIpc) is 2.51. The van der Waals surface area contributed by atoms with Gasteiger partial charge in [-0.2, -0.15) is 5.10 Å². The van der Waals surface area contributed by atoms with Gasteiger partial charge in [0.2, 0.25) is 0 Å². The Labute approximate surface area is 161 Å². The van der Waals surface area contributed by atoms with Crippen molar-refractivity contribution in [2.75, 3.05) is 6.61 Å². The number of carbonyl (C=O) groups excluding carboxylic acids is 1. The van der Waals surface area contributed by atoms with Gasteiger partial charge >= 0.3 is 0 Å². The summed E-state index contributed by atoms with van der Waals surface area (Å²) in [7, 11) is 0. The van der Waals surface area contributed by atoms with Gasteiger partial charge in [0.15, 0.2) is 6.61 Å². The lowest BCUT2D eigenvalue weighted by Crippen LogP contribution is -2.24. The number of hydrazone groups is 1. The van der Waals surface area contributed by atoms with Gasteiger partial charge in [0, 0.05) is 9.13 Å². The minimum Gasteiger partial charge on any atom is -0.506 e. The first kappa shape index (κ1) is 18.0. The Balaban J connectivity index is 1.88. The van der Waals surface area contributed by atoms with Gasteiger partial charge in [-0.3, -0.25) is 4.79 Å². The van der Waals surface area contributed by atoms with E-state index in [1.807, 2.05) is 47.7 Å². The maximum Gasteiger partial charge on any atom is 0.277 e. The third-order valence-electron chi connectivity index (χ3n) is 2.84. The van der Waals surface area contributed by atoms with Crippen LogP contribution in [0.1, 0.15) is 11.1 Å². The van der Waals surface area contributed by atoms with Crippen molar-refractivity contribution >= 4 is 57.3 Å². The molecule has 0 atom stereocenters. The average molecular weight is 536 g/mol. The van der Waals surface area contributed by atoms with Crippen molar-refractivity contribution in [2.45, 2.75) is 6.92 Å². The molecule has 5 nitrogen and oxygen atoms in total. The zero-order chi connectivity index (χ0) is 16.8. The van der Waals surface area contributed by atoms with Crippen LogP contribution in [-0.4, -0.2) is 23.8 Å². The smallest absolute Gasteiger partial charge is 0.277 e. The third kappa shape index (κ3) is 5.65. The van der Waals surface area contributed by atoms with Crippen LogP contribution in [0, 0.1) is 14.1 Å². The number of nitrogens with zero attached hydrogens (tertiary/aromatic N) is 1. The predicted molar refractivity (Wildman–Crippen MR) is 106 cm³/mol. The number of rotatable bonds is 5. The highest BCUT2D eigenvalue weighted by Gasteiger charge is 2.06. The molecule has 2 rings (SSSR count). The molecule has 0 aliphatic rings. The van der Waals surface area contributed by atoms with Gasteiger partial charge in [-0.05, 0) is 76.4 Å². The SMILES string of the molecule is Cc1ccc(OCC(=O)N/N=C/c2cc(I)cc(I)c2O)cc1. The number of carbonyl (C=O) groups is 1. The van der Waals surface area contributed by atoms with E-state index in [0.29, 0.717) is 11.3 Å². The molecule has 1 amide bonds. The minimum absolute atomic E-state index is 0.129. The lowest BCUT2D eigenvalue weighted by atomic mass is 10.2. The molecule has 0 aromatic heterocycles.